The van der Waals surface area contributed by atoms with Gasteiger partial charge in [-0.15, -0.1) is 0 Å². The number of hydrogen-bond donors (Lipinski definition) is 1. The Hall–Kier alpha value is -2.11. The van der Waals surface area contributed by atoms with E-state index in [1.54, 1.807) is 0 Å². The largest absolute Gasteiger partial charge is 0.493 e. The van der Waals surface area contributed by atoms with Gasteiger partial charge < -0.3 is 9.84 Å². The van der Waals surface area contributed by atoms with Crippen LogP contribution in [0.15, 0.2) is 18.2 Å². The second kappa shape index (κ2) is 5.11. The highest BCUT2D eigenvalue weighted by Gasteiger charge is 2.20. The lowest BCUT2D eigenvalue weighted by Gasteiger charge is -2.05. The zero-order valence-corrected chi connectivity index (χ0v) is 8.67. The van der Waals surface area contributed by atoms with Gasteiger partial charge in [-0.05, 0) is 18.6 Å². The topological polar surface area (TPSA) is 89.7 Å². The average Bonchev–Trinajstić information content (AvgIpc) is 2.25. The molecule has 0 radical (unpaired) electrons. The third-order valence-corrected chi connectivity index (χ3v) is 1.87. The molecule has 1 aromatic carbocycles. The summed E-state index contributed by atoms with van der Waals surface area (Å²) in [7, 11) is 0. The molecule has 0 amide bonds. The van der Waals surface area contributed by atoms with Crippen LogP contribution in [-0.2, 0) is 0 Å². The monoisotopic (exact) mass is 225 g/mol. The van der Waals surface area contributed by atoms with Crippen molar-refractivity contribution in [1.29, 1.82) is 0 Å². The van der Waals surface area contributed by atoms with Crippen molar-refractivity contribution in [3.63, 3.8) is 0 Å². The molecule has 0 aliphatic carbocycles. The SMILES string of the molecule is CCCOc1ccc(C(=O)O)c([N+](=O)[O-])c1. The smallest absolute Gasteiger partial charge is 0.342 e. The summed E-state index contributed by atoms with van der Waals surface area (Å²) in [4.78, 5) is 20.6. The highest BCUT2D eigenvalue weighted by molar-refractivity contribution is 5.92. The van der Waals surface area contributed by atoms with Gasteiger partial charge in [-0.3, -0.25) is 10.1 Å². The number of hydrogen-bond acceptors (Lipinski definition) is 4. The summed E-state index contributed by atoms with van der Waals surface area (Å²) in [6.07, 6.45) is 0.772. The van der Waals surface area contributed by atoms with Crippen LogP contribution < -0.4 is 4.74 Å². The molecule has 0 fully saturated rings. The lowest BCUT2D eigenvalue weighted by atomic mass is 10.2. The van der Waals surface area contributed by atoms with Gasteiger partial charge in [0, 0.05) is 0 Å². The predicted octanol–water partition coefficient (Wildman–Crippen LogP) is 2.08. The molecule has 0 aliphatic heterocycles. The van der Waals surface area contributed by atoms with E-state index in [1.165, 1.54) is 12.1 Å². The Balaban J connectivity index is 3.07. The van der Waals surface area contributed by atoms with Gasteiger partial charge in [-0.1, -0.05) is 6.92 Å². The molecule has 0 saturated heterocycles. The van der Waals surface area contributed by atoms with Crippen molar-refractivity contribution in [2.45, 2.75) is 13.3 Å². The first-order chi connectivity index (χ1) is 7.56. The van der Waals surface area contributed by atoms with Crippen molar-refractivity contribution in [2.75, 3.05) is 6.61 Å². The molecule has 0 heterocycles. The molecule has 0 spiro atoms. The first kappa shape index (κ1) is 12.0. The molecular formula is C10H11NO5. The maximum Gasteiger partial charge on any atom is 0.342 e. The average molecular weight is 225 g/mol. The van der Waals surface area contributed by atoms with Gasteiger partial charge in [0.1, 0.15) is 11.3 Å². The van der Waals surface area contributed by atoms with Gasteiger partial charge in [0.05, 0.1) is 17.6 Å². The molecule has 1 N–H and O–H groups in total. The maximum absolute atomic E-state index is 10.7. The lowest BCUT2D eigenvalue weighted by molar-refractivity contribution is -0.385. The van der Waals surface area contributed by atoms with Crippen molar-refractivity contribution >= 4 is 11.7 Å². The molecule has 6 heteroatoms. The van der Waals surface area contributed by atoms with Crippen molar-refractivity contribution in [2.24, 2.45) is 0 Å². The summed E-state index contributed by atoms with van der Waals surface area (Å²) in [5, 5.41) is 19.4. The van der Waals surface area contributed by atoms with Crippen LogP contribution in [0.1, 0.15) is 23.7 Å². The lowest BCUT2D eigenvalue weighted by Crippen LogP contribution is -2.03. The normalized spacial score (nSPS) is 9.81. The Morgan fingerprint density at radius 2 is 2.25 bits per heavy atom. The number of benzene rings is 1. The van der Waals surface area contributed by atoms with E-state index in [4.69, 9.17) is 9.84 Å². The number of aromatic carboxylic acids is 1. The van der Waals surface area contributed by atoms with E-state index in [1.807, 2.05) is 6.92 Å². The molecule has 16 heavy (non-hydrogen) atoms. The number of carboxylic acids is 1. The third-order valence-electron chi connectivity index (χ3n) is 1.87. The highest BCUT2D eigenvalue weighted by atomic mass is 16.6. The van der Waals surface area contributed by atoms with Crippen LogP contribution in [-0.4, -0.2) is 22.6 Å². The fourth-order valence-corrected chi connectivity index (χ4v) is 1.15. The third kappa shape index (κ3) is 2.69. The van der Waals surface area contributed by atoms with Crippen LogP contribution in [0.3, 0.4) is 0 Å². The number of nitro benzene ring substituents is 1. The first-order valence-corrected chi connectivity index (χ1v) is 4.70. The molecule has 0 atom stereocenters. The summed E-state index contributed by atoms with van der Waals surface area (Å²) in [6, 6.07) is 3.71. The number of ether oxygens (including phenoxy) is 1. The summed E-state index contributed by atoms with van der Waals surface area (Å²) >= 11 is 0. The van der Waals surface area contributed by atoms with Crippen LogP contribution in [0, 0.1) is 10.1 Å². The summed E-state index contributed by atoms with van der Waals surface area (Å²) < 4.78 is 5.18. The Morgan fingerprint density at radius 1 is 1.56 bits per heavy atom. The number of carbonyl (C=O) groups is 1. The predicted molar refractivity (Wildman–Crippen MR) is 55.8 cm³/mol. The van der Waals surface area contributed by atoms with E-state index in [2.05, 4.69) is 0 Å². The number of nitro groups is 1. The van der Waals surface area contributed by atoms with E-state index < -0.39 is 16.6 Å². The molecule has 86 valence electrons. The van der Waals surface area contributed by atoms with E-state index in [-0.39, 0.29) is 5.56 Å². The van der Waals surface area contributed by atoms with Crippen molar-refractivity contribution in [3.8, 4) is 5.75 Å². The number of carboxylic acid groups (broad SMARTS) is 1. The van der Waals surface area contributed by atoms with Gasteiger partial charge in [-0.25, -0.2) is 4.79 Å². The second-order valence-electron chi connectivity index (χ2n) is 3.09. The molecule has 0 unspecified atom stereocenters. The van der Waals surface area contributed by atoms with E-state index >= 15 is 0 Å². The molecule has 1 rings (SSSR count). The van der Waals surface area contributed by atoms with E-state index in [0.29, 0.717) is 12.4 Å². The highest BCUT2D eigenvalue weighted by Crippen LogP contribution is 2.24. The Kier molecular flexibility index (Phi) is 3.82. The minimum Gasteiger partial charge on any atom is -0.493 e. The van der Waals surface area contributed by atoms with Gasteiger partial charge in [0.2, 0.25) is 0 Å². The second-order valence-corrected chi connectivity index (χ2v) is 3.09. The maximum atomic E-state index is 10.7. The molecule has 6 nitrogen and oxygen atoms in total. The van der Waals surface area contributed by atoms with Crippen molar-refractivity contribution < 1.29 is 19.6 Å². The van der Waals surface area contributed by atoms with Crippen LogP contribution in [0.2, 0.25) is 0 Å². The quantitative estimate of drug-likeness (QED) is 0.612. The summed E-state index contributed by atoms with van der Waals surface area (Å²) in [6.45, 7) is 2.34. The minimum absolute atomic E-state index is 0.304. The fraction of sp³-hybridized carbons (Fsp3) is 0.300. The zero-order chi connectivity index (χ0) is 12.1. The Bertz CT molecular complexity index is 416. The van der Waals surface area contributed by atoms with Crippen LogP contribution >= 0.6 is 0 Å². The van der Waals surface area contributed by atoms with Crippen LogP contribution in [0.5, 0.6) is 5.75 Å². The summed E-state index contributed by atoms with van der Waals surface area (Å²) in [5.41, 5.74) is -0.796. The summed E-state index contributed by atoms with van der Waals surface area (Å²) in [5.74, 6) is -1.02. The van der Waals surface area contributed by atoms with Gasteiger partial charge in [0.15, 0.2) is 0 Å². The Labute approximate surface area is 91.6 Å². The standard InChI is InChI=1S/C10H11NO5/c1-2-5-16-7-3-4-8(10(12)13)9(6-7)11(14)15/h3-4,6H,2,5H2,1H3,(H,12,13). The fourth-order valence-electron chi connectivity index (χ4n) is 1.15. The van der Waals surface area contributed by atoms with E-state index in [9.17, 15) is 14.9 Å². The number of nitrogens with zero attached hydrogens (tertiary/aromatic N) is 1. The molecule has 0 aliphatic rings. The van der Waals surface area contributed by atoms with Crippen molar-refractivity contribution in [1.82, 2.24) is 0 Å². The molecule has 0 aromatic heterocycles. The van der Waals surface area contributed by atoms with Crippen molar-refractivity contribution in [3.05, 3.63) is 33.9 Å². The Morgan fingerprint density at radius 3 is 2.75 bits per heavy atom. The van der Waals surface area contributed by atoms with Gasteiger partial charge in [0.25, 0.3) is 5.69 Å². The van der Waals surface area contributed by atoms with Gasteiger partial charge >= 0.3 is 5.97 Å². The molecular weight excluding hydrogens is 214 g/mol. The zero-order valence-electron chi connectivity index (χ0n) is 8.67. The number of rotatable bonds is 5. The van der Waals surface area contributed by atoms with Gasteiger partial charge in [-0.2, -0.15) is 0 Å². The molecule has 0 bridgehead atoms. The van der Waals surface area contributed by atoms with Crippen LogP contribution in [0.4, 0.5) is 5.69 Å². The minimum atomic E-state index is -1.33. The first-order valence-electron chi connectivity index (χ1n) is 4.70. The van der Waals surface area contributed by atoms with Crippen LogP contribution in [0.25, 0.3) is 0 Å². The molecule has 0 saturated carbocycles. The van der Waals surface area contributed by atoms with E-state index in [0.717, 1.165) is 12.5 Å². The molecule has 1 aromatic rings.